The standard InChI is InChI=1S/C17H18O/c1-14(12-15-8-4-2-5-9-15)17(18)13-16-10-6-3-7-11-16/h2-11,14H,12-13H2,1H3/t14-/m0/s1. The van der Waals surface area contributed by atoms with E-state index in [2.05, 4.69) is 12.1 Å². The molecule has 2 aromatic carbocycles. The zero-order chi connectivity index (χ0) is 12.8. The smallest absolute Gasteiger partial charge is 0.140 e. The number of carbonyl (C=O) groups excluding carboxylic acids is 1. The molecule has 0 amide bonds. The van der Waals surface area contributed by atoms with Crippen LogP contribution in [0.25, 0.3) is 0 Å². The van der Waals surface area contributed by atoms with Crippen molar-refractivity contribution < 1.29 is 4.79 Å². The summed E-state index contributed by atoms with van der Waals surface area (Å²) < 4.78 is 0. The molecule has 0 unspecified atom stereocenters. The summed E-state index contributed by atoms with van der Waals surface area (Å²) >= 11 is 0. The highest BCUT2D eigenvalue weighted by Gasteiger charge is 2.13. The van der Waals surface area contributed by atoms with Gasteiger partial charge in [0.15, 0.2) is 0 Å². The van der Waals surface area contributed by atoms with Crippen LogP contribution < -0.4 is 0 Å². The van der Waals surface area contributed by atoms with E-state index in [9.17, 15) is 4.79 Å². The van der Waals surface area contributed by atoms with Crippen molar-refractivity contribution in [3.63, 3.8) is 0 Å². The summed E-state index contributed by atoms with van der Waals surface area (Å²) in [5.41, 5.74) is 2.33. The van der Waals surface area contributed by atoms with E-state index in [-0.39, 0.29) is 5.92 Å². The van der Waals surface area contributed by atoms with Crippen LogP contribution in [-0.2, 0) is 17.6 Å². The first kappa shape index (κ1) is 12.6. The van der Waals surface area contributed by atoms with E-state index >= 15 is 0 Å². The van der Waals surface area contributed by atoms with Gasteiger partial charge in [-0.3, -0.25) is 4.79 Å². The zero-order valence-corrected chi connectivity index (χ0v) is 10.7. The van der Waals surface area contributed by atoms with Crippen LogP contribution in [0.3, 0.4) is 0 Å². The maximum Gasteiger partial charge on any atom is 0.140 e. The highest BCUT2D eigenvalue weighted by molar-refractivity contribution is 5.83. The molecule has 2 rings (SSSR count). The molecule has 18 heavy (non-hydrogen) atoms. The van der Waals surface area contributed by atoms with Gasteiger partial charge in [-0.15, -0.1) is 0 Å². The molecule has 0 aliphatic rings. The number of hydrogen-bond acceptors (Lipinski definition) is 1. The average molecular weight is 238 g/mol. The van der Waals surface area contributed by atoms with Gasteiger partial charge >= 0.3 is 0 Å². The van der Waals surface area contributed by atoms with Crippen molar-refractivity contribution in [1.29, 1.82) is 0 Å². The maximum atomic E-state index is 12.1. The molecular formula is C17H18O. The normalized spacial score (nSPS) is 12.1. The minimum atomic E-state index is 0.0765. The summed E-state index contributed by atoms with van der Waals surface area (Å²) in [7, 11) is 0. The maximum absolute atomic E-state index is 12.1. The van der Waals surface area contributed by atoms with Crippen LogP contribution in [0.1, 0.15) is 18.1 Å². The molecule has 0 saturated heterocycles. The molecule has 0 aliphatic heterocycles. The molecule has 2 aromatic rings. The van der Waals surface area contributed by atoms with Crippen molar-refractivity contribution in [2.24, 2.45) is 5.92 Å². The lowest BCUT2D eigenvalue weighted by atomic mass is 9.93. The molecule has 92 valence electrons. The second kappa shape index (κ2) is 6.15. The lowest BCUT2D eigenvalue weighted by Gasteiger charge is -2.10. The quantitative estimate of drug-likeness (QED) is 0.776. The highest BCUT2D eigenvalue weighted by atomic mass is 16.1. The molecule has 0 bridgehead atoms. The largest absolute Gasteiger partial charge is 0.299 e. The minimum absolute atomic E-state index is 0.0765. The van der Waals surface area contributed by atoms with Crippen molar-refractivity contribution in [2.75, 3.05) is 0 Å². The highest BCUT2D eigenvalue weighted by Crippen LogP contribution is 2.12. The van der Waals surface area contributed by atoms with Gasteiger partial charge in [0.2, 0.25) is 0 Å². The monoisotopic (exact) mass is 238 g/mol. The number of Topliss-reactive ketones (excluding diaryl/α,β-unsaturated/α-hetero) is 1. The third-order valence-corrected chi connectivity index (χ3v) is 3.16. The predicted molar refractivity (Wildman–Crippen MR) is 74.5 cm³/mol. The Kier molecular flexibility index (Phi) is 4.30. The van der Waals surface area contributed by atoms with Crippen molar-refractivity contribution >= 4 is 5.78 Å². The molecule has 0 aliphatic carbocycles. The zero-order valence-electron chi connectivity index (χ0n) is 10.7. The van der Waals surface area contributed by atoms with Gasteiger partial charge in [0, 0.05) is 12.3 Å². The van der Waals surface area contributed by atoms with E-state index in [4.69, 9.17) is 0 Å². The number of ketones is 1. The third kappa shape index (κ3) is 3.56. The summed E-state index contributed by atoms with van der Waals surface area (Å²) in [6.45, 7) is 2.01. The molecule has 1 nitrogen and oxygen atoms in total. The first-order valence-corrected chi connectivity index (χ1v) is 6.36. The number of benzene rings is 2. The molecule has 0 N–H and O–H groups in total. The van der Waals surface area contributed by atoms with E-state index < -0.39 is 0 Å². The molecule has 0 radical (unpaired) electrons. The van der Waals surface area contributed by atoms with Crippen LogP contribution >= 0.6 is 0 Å². The van der Waals surface area contributed by atoms with Gasteiger partial charge in [-0.05, 0) is 17.5 Å². The van der Waals surface area contributed by atoms with Gasteiger partial charge in [0.25, 0.3) is 0 Å². The Balaban J connectivity index is 1.93. The Morgan fingerprint density at radius 3 is 1.94 bits per heavy atom. The van der Waals surface area contributed by atoms with Gasteiger partial charge in [0.1, 0.15) is 5.78 Å². The summed E-state index contributed by atoms with van der Waals surface area (Å²) in [6.07, 6.45) is 1.36. The van der Waals surface area contributed by atoms with E-state index in [0.29, 0.717) is 12.2 Å². The van der Waals surface area contributed by atoms with Gasteiger partial charge in [0.05, 0.1) is 0 Å². The van der Waals surface area contributed by atoms with Gasteiger partial charge < -0.3 is 0 Å². The fourth-order valence-electron chi connectivity index (χ4n) is 2.05. The number of rotatable bonds is 5. The van der Waals surface area contributed by atoms with Crippen molar-refractivity contribution in [3.05, 3.63) is 71.8 Å². The van der Waals surface area contributed by atoms with Gasteiger partial charge in [-0.25, -0.2) is 0 Å². The molecule has 0 aromatic heterocycles. The van der Waals surface area contributed by atoms with Gasteiger partial charge in [-0.2, -0.15) is 0 Å². The van der Waals surface area contributed by atoms with Crippen LogP contribution in [0.2, 0.25) is 0 Å². The fourth-order valence-corrected chi connectivity index (χ4v) is 2.05. The average Bonchev–Trinajstić information content (AvgIpc) is 2.41. The summed E-state index contributed by atoms with van der Waals surface area (Å²) in [4.78, 5) is 12.1. The second-order valence-corrected chi connectivity index (χ2v) is 4.72. The predicted octanol–water partition coefficient (Wildman–Crippen LogP) is 3.68. The number of carbonyl (C=O) groups is 1. The van der Waals surface area contributed by atoms with E-state index in [1.165, 1.54) is 5.56 Å². The molecule has 0 heterocycles. The molecular weight excluding hydrogens is 220 g/mol. The summed E-state index contributed by atoms with van der Waals surface area (Å²) in [6, 6.07) is 20.1. The van der Waals surface area contributed by atoms with Crippen LogP contribution in [0.5, 0.6) is 0 Å². The van der Waals surface area contributed by atoms with Crippen molar-refractivity contribution in [2.45, 2.75) is 19.8 Å². The van der Waals surface area contributed by atoms with Crippen LogP contribution in [0.4, 0.5) is 0 Å². The molecule has 1 heteroatoms. The first-order valence-electron chi connectivity index (χ1n) is 6.36. The Morgan fingerprint density at radius 2 is 1.39 bits per heavy atom. The summed E-state index contributed by atoms with van der Waals surface area (Å²) in [5.74, 6) is 0.387. The number of hydrogen-bond donors (Lipinski definition) is 0. The lowest BCUT2D eigenvalue weighted by Crippen LogP contribution is -2.16. The minimum Gasteiger partial charge on any atom is -0.299 e. The van der Waals surface area contributed by atoms with Crippen LogP contribution in [-0.4, -0.2) is 5.78 Å². The Bertz CT molecular complexity index is 488. The third-order valence-electron chi connectivity index (χ3n) is 3.16. The Labute approximate surface area is 108 Å². The topological polar surface area (TPSA) is 17.1 Å². The van der Waals surface area contributed by atoms with E-state index in [1.807, 2.05) is 55.5 Å². The van der Waals surface area contributed by atoms with Crippen LogP contribution in [0, 0.1) is 5.92 Å². The van der Waals surface area contributed by atoms with E-state index in [0.717, 1.165) is 12.0 Å². The molecule has 0 fully saturated rings. The van der Waals surface area contributed by atoms with Gasteiger partial charge in [-0.1, -0.05) is 67.6 Å². The summed E-state index contributed by atoms with van der Waals surface area (Å²) in [5, 5.41) is 0. The van der Waals surface area contributed by atoms with Crippen molar-refractivity contribution in [3.8, 4) is 0 Å². The molecule has 0 spiro atoms. The molecule has 1 atom stereocenters. The lowest BCUT2D eigenvalue weighted by molar-refractivity contribution is -0.121. The SMILES string of the molecule is C[C@@H](Cc1ccccc1)C(=O)Cc1ccccc1. The first-order chi connectivity index (χ1) is 8.75. The Hall–Kier alpha value is -1.89. The molecule has 0 saturated carbocycles. The van der Waals surface area contributed by atoms with Crippen LogP contribution in [0.15, 0.2) is 60.7 Å². The van der Waals surface area contributed by atoms with Crippen molar-refractivity contribution in [1.82, 2.24) is 0 Å². The van der Waals surface area contributed by atoms with E-state index in [1.54, 1.807) is 0 Å². The fraction of sp³-hybridized carbons (Fsp3) is 0.235. The second-order valence-electron chi connectivity index (χ2n) is 4.72. The Morgan fingerprint density at radius 1 is 0.889 bits per heavy atom.